The van der Waals surface area contributed by atoms with Crippen molar-refractivity contribution in [1.82, 2.24) is 34.2 Å². The Morgan fingerprint density at radius 1 is 0.939 bits per heavy atom. The van der Waals surface area contributed by atoms with Gasteiger partial charge in [-0.05, 0) is 84.0 Å². The van der Waals surface area contributed by atoms with Crippen LogP contribution in [-0.2, 0) is 19.6 Å². The van der Waals surface area contributed by atoms with Crippen LogP contribution < -0.4 is 31.2 Å². The summed E-state index contributed by atoms with van der Waals surface area (Å²) in [4.78, 5) is 35.1. The molecule has 2 atom stereocenters. The predicted octanol–water partition coefficient (Wildman–Crippen LogP) is 4.64. The molecule has 2 unspecified atom stereocenters. The number of nitrogens with zero attached hydrogens (tertiary/aromatic N) is 6. The Hall–Kier alpha value is -5.37. The third-order valence-electron chi connectivity index (χ3n) is 8.39. The zero-order valence-corrected chi connectivity index (χ0v) is 29.4. The minimum Gasteiger partial charge on any atom is -0.494 e. The largest absolute Gasteiger partial charge is 0.494 e. The number of benzene rings is 2. The fourth-order valence-electron chi connectivity index (χ4n) is 6.00. The van der Waals surface area contributed by atoms with E-state index in [1.807, 2.05) is 51.6 Å². The molecule has 2 aromatic carbocycles. The molecule has 14 heteroatoms. The highest BCUT2D eigenvalue weighted by Gasteiger charge is 2.22. The number of primary amides is 1. The van der Waals surface area contributed by atoms with Crippen LogP contribution in [0.5, 0.6) is 11.5 Å². The van der Waals surface area contributed by atoms with Crippen LogP contribution in [0.3, 0.4) is 0 Å². The third kappa shape index (κ3) is 7.38. The van der Waals surface area contributed by atoms with Crippen molar-refractivity contribution in [2.75, 3.05) is 31.8 Å². The van der Waals surface area contributed by atoms with Crippen LogP contribution in [0.4, 0.5) is 11.9 Å². The van der Waals surface area contributed by atoms with Gasteiger partial charge in [0.15, 0.2) is 0 Å². The average Bonchev–Trinajstić information content (AvgIpc) is 3.74. The van der Waals surface area contributed by atoms with Gasteiger partial charge in [-0.25, -0.2) is 9.97 Å². The monoisotopic (exact) mass is 670 g/mol. The fraction of sp³-hybridized carbons (Fsp3) is 0.400. The van der Waals surface area contributed by atoms with Gasteiger partial charge in [0.1, 0.15) is 28.2 Å². The van der Waals surface area contributed by atoms with Crippen LogP contribution >= 0.6 is 0 Å². The summed E-state index contributed by atoms with van der Waals surface area (Å²) in [6, 6.07) is 9.31. The average molecular weight is 671 g/mol. The topological polar surface area (TPSA) is 168 Å². The van der Waals surface area contributed by atoms with E-state index in [-0.39, 0.29) is 23.5 Å². The van der Waals surface area contributed by atoms with Gasteiger partial charge in [-0.3, -0.25) is 19.6 Å². The number of hydrogen-bond acceptors (Lipinski definition) is 9. The number of aryl methyl sites for hydroxylation is 3. The van der Waals surface area contributed by atoms with Crippen LogP contribution in [0.1, 0.15) is 59.3 Å². The highest BCUT2D eigenvalue weighted by atomic mass is 16.5. The Balaban J connectivity index is 1.50. The summed E-state index contributed by atoms with van der Waals surface area (Å²) < 4.78 is 17.7. The first kappa shape index (κ1) is 35.0. The van der Waals surface area contributed by atoms with Gasteiger partial charge in [0.25, 0.3) is 5.91 Å². The molecule has 3 aromatic heterocycles. The molecule has 5 aromatic rings. The van der Waals surface area contributed by atoms with Gasteiger partial charge >= 0.3 is 0 Å². The molecule has 260 valence electrons. The number of methoxy groups -OCH3 is 1. The molecule has 0 spiro atoms. The van der Waals surface area contributed by atoms with Crippen LogP contribution in [0.15, 0.2) is 42.5 Å². The van der Waals surface area contributed by atoms with E-state index in [1.54, 1.807) is 22.9 Å². The van der Waals surface area contributed by atoms with Gasteiger partial charge < -0.3 is 35.0 Å². The van der Waals surface area contributed by atoms with Gasteiger partial charge in [-0.2, -0.15) is 5.10 Å². The van der Waals surface area contributed by atoms with Crippen LogP contribution in [-0.4, -0.2) is 74.0 Å². The summed E-state index contributed by atoms with van der Waals surface area (Å²) in [6.07, 6.45) is 4.84. The lowest BCUT2D eigenvalue weighted by molar-refractivity contribution is 0.0995. The normalized spacial score (nSPS) is 12.9. The Labute approximate surface area is 285 Å². The summed E-state index contributed by atoms with van der Waals surface area (Å²) >= 11 is 0. The molecule has 2 amide bonds. The first-order valence-corrected chi connectivity index (χ1v) is 16.4. The van der Waals surface area contributed by atoms with E-state index in [1.165, 1.54) is 7.11 Å². The zero-order chi connectivity index (χ0) is 35.4. The second kappa shape index (κ2) is 14.8. The molecular formula is C35H46N10O4. The van der Waals surface area contributed by atoms with Crippen molar-refractivity contribution >= 4 is 45.8 Å². The summed E-state index contributed by atoms with van der Waals surface area (Å²) in [5, 5.41) is 13.8. The van der Waals surface area contributed by atoms with Crippen LogP contribution in [0.2, 0.25) is 0 Å². The number of amides is 2. The lowest BCUT2D eigenvalue weighted by Gasteiger charge is -2.20. The van der Waals surface area contributed by atoms with Crippen molar-refractivity contribution < 1.29 is 19.1 Å². The quantitative estimate of drug-likeness (QED) is 0.116. The van der Waals surface area contributed by atoms with Crippen molar-refractivity contribution in [2.45, 2.75) is 72.8 Å². The number of fused-ring (bicyclic) bond motifs is 2. The zero-order valence-electron chi connectivity index (χ0n) is 29.4. The van der Waals surface area contributed by atoms with E-state index in [0.717, 1.165) is 34.5 Å². The van der Waals surface area contributed by atoms with Gasteiger partial charge in [0.2, 0.25) is 17.8 Å². The molecule has 0 aliphatic carbocycles. The number of aromatic nitrogens is 6. The van der Waals surface area contributed by atoms with Crippen molar-refractivity contribution in [3.8, 4) is 11.5 Å². The van der Waals surface area contributed by atoms with Gasteiger partial charge in [-0.1, -0.05) is 12.2 Å². The number of ether oxygens (including phenoxy) is 2. The first-order chi connectivity index (χ1) is 23.5. The summed E-state index contributed by atoms with van der Waals surface area (Å²) in [6.45, 7) is 11.3. The maximum absolute atomic E-state index is 13.5. The lowest BCUT2D eigenvalue weighted by atomic mass is 10.1. The van der Waals surface area contributed by atoms with E-state index in [0.29, 0.717) is 54.1 Å². The van der Waals surface area contributed by atoms with E-state index in [9.17, 15) is 9.59 Å². The number of hydrogen-bond donors (Lipinski definition) is 4. The van der Waals surface area contributed by atoms with E-state index in [2.05, 4.69) is 51.6 Å². The van der Waals surface area contributed by atoms with Crippen LogP contribution in [0.25, 0.3) is 22.1 Å². The van der Waals surface area contributed by atoms with Gasteiger partial charge in [-0.15, -0.1) is 0 Å². The molecule has 49 heavy (non-hydrogen) atoms. The van der Waals surface area contributed by atoms with E-state index >= 15 is 0 Å². The summed E-state index contributed by atoms with van der Waals surface area (Å²) in [5.74, 6) is 1.19. The third-order valence-corrected chi connectivity index (χ3v) is 8.39. The van der Waals surface area contributed by atoms with E-state index < -0.39 is 5.91 Å². The first-order valence-electron chi connectivity index (χ1n) is 16.4. The number of nitrogens with one attached hydrogen (secondary N) is 3. The molecule has 0 saturated heterocycles. The number of imidazole rings is 2. The number of allylic oxidation sites excluding steroid dienone is 2. The number of anilines is 2. The smallest absolute Gasteiger partial charge is 0.276 e. The number of rotatable bonds is 15. The maximum atomic E-state index is 13.5. The van der Waals surface area contributed by atoms with Crippen molar-refractivity contribution in [2.24, 2.45) is 5.73 Å². The summed E-state index contributed by atoms with van der Waals surface area (Å²) in [5.41, 5.74) is 10.8. The number of carbonyl (C=O) groups is 2. The molecule has 5 rings (SSSR count). The van der Waals surface area contributed by atoms with Gasteiger partial charge in [0, 0.05) is 38.3 Å². The second-order valence-electron chi connectivity index (χ2n) is 12.1. The molecule has 0 bridgehead atoms. The molecule has 14 nitrogen and oxygen atoms in total. The molecule has 3 heterocycles. The Morgan fingerprint density at radius 3 is 2.22 bits per heavy atom. The molecule has 0 aliphatic rings. The minimum absolute atomic E-state index is 0.0162. The minimum atomic E-state index is -0.611. The molecule has 0 radical (unpaired) electrons. The highest BCUT2D eigenvalue weighted by molar-refractivity contribution is 6.04. The standard InChI is InChI=1S/C35H46N10O4/c1-9-45-27(17-22(4)42-45)33(47)41-35-40-26-18-24(32(36)46)19-28(48-8)30(26)44(35)13-11-10-12-43-31-25(39-34(43)38-7)14-20(2)15-29(31)49-23(5)16-21(3)37-6/h10-11,14-15,17-19,21,23,37H,9,12-13,16H2,1-8H3,(H2,36,46)(H,38,39)(H,40,41,47)/b11-10+. The molecular weight excluding hydrogens is 624 g/mol. The Kier molecular flexibility index (Phi) is 10.6. The van der Waals surface area contributed by atoms with Gasteiger partial charge in [0.05, 0.1) is 29.9 Å². The highest BCUT2D eigenvalue weighted by Crippen LogP contribution is 2.33. The van der Waals surface area contributed by atoms with Crippen LogP contribution in [0, 0.1) is 13.8 Å². The molecule has 5 N–H and O–H groups in total. The SMILES string of the molecule is CCn1nc(C)cc1C(=O)Nc1nc2cc(C(N)=O)cc(OC)c2n1C/C=C/Cn1c(NC)nc2cc(C)cc(OC(C)CC(C)NC)c21. The van der Waals surface area contributed by atoms with Crippen molar-refractivity contribution in [3.63, 3.8) is 0 Å². The predicted molar refractivity (Wildman–Crippen MR) is 192 cm³/mol. The molecule has 0 saturated carbocycles. The summed E-state index contributed by atoms with van der Waals surface area (Å²) in [7, 11) is 5.31. The maximum Gasteiger partial charge on any atom is 0.276 e. The fourth-order valence-corrected chi connectivity index (χ4v) is 6.00. The Morgan fingerprint density at radius 2 is 1.59 bits per heavy atom. The number of carbonyl (C=O) groups excluding carboxylic acids is 2. The molecule has 0 aliphatic heterocycles. The lowest BCUT2D eigenvalue weighted by Crippen LogP contribution is -2.28. The number of nitrogens with two attached hydrogens (primary N) is 1. The molecule has 0 fully saturated rings. The van der Waals surface area contributed by atoms with E-state index in [4.69, 9.17) is 25.2 Å². The Bertz CT molecular complexity index is 2020. The van der Waals surface area contributed by atoms with Crippen molar-refractivity contribution in [3.05, 3.63) is 65.0 Å². The second-order valence-corrected chi connectivity index (χ2v) is 12.1. The van der Waals surface area contributed by atoms with Crippen molar-refractivity contribution in [1.29, 1.82) is 0 Å².